The highest BCUT2D eigenvalue weighted by Gasteiger charge is 2.19. The molecule has 1 saturated carbocycles. The first kappa shape index (κ1) is 14.2. The summed E-state index contributed by atoms with van der Waals surface area (Å²) >= 11 is 0. The van der Waals surface area contributed by atoms with Crippen molar-refractivity contribution in [1.29, 1.82) is 0 Å². The number of methoxy groups -OCH3 is 1. The molecule has 0 aromatic carbocycles. The summed E-state index contributed by atoms with van der Waals surface area (Å²) in [6, 6.07) is 1.64. The predicted molar refractivity (Wildman–Crippen MR) is 72.5 cm³/mol. The normalized spacial score (nSPS) is 16.1. The molecular weight excluding hydrogens is 244 g/mol. The monoisotopic (exact) mass is 266 g/mol. The second-order valence-corrected chi connectivity index (χ2v) is 4.95. The van der Waals surface area contributed by atoms with Crippen molar-refractivity contribution in [2.75, 3.05) is 26.9 Å². The molecule has 106 valence electrons. The van der Waals surface area contributed by atoms with E-state index in [2.05, 4.69) is 9.97 Å². The highest BCUT2D eigenvalue weighted by Crippen LogP contribution is 2.32. The lowest BCUT2D eigenvalue weighted by Gasteiger charge is -2.09. The smallest absolute Gasteiger partial charge is 0.251 e. The standard InChI is InChI=1S/C14H22N2O3/c1-18-8-9-19-7-6-13-15-12(10-14(17)16-13)11-4-2-3-5-11/h10-11H,2-9H2,1H3,(H,15,16,17). The van der Waals surface area contributed by atoms with Gasteiger partial charge in [-0.05, 0) is 12.8 Å². The van der Waals surface area contributed by atoms with Gasteiger partial charge in [-0.15, -0.1) is 0 Å². The zero-order valence-corrected chi connectivity index (χ0v) is 11.5. The van der Waals surface area contributed by atoms with Gasteiger partial charge in [0.05, 0.1) is 25.5 Å². The van der Waals surface area contributed by atoms with E-state index in [4.69, 9.17) is 9.47 Å². The van der Waals surface area contributed by atoms with Crippen molar-refractivity contribution < 1.29 is 9.47 Å². The van der Waals surface area contributed by atoms with Crippen LogP contribution in [0.1, 0.15) is 43.1 Å². The fourth-order valence-corrected chi connectivity index (χ4v) is 2.49. The van der Waals surface area contributed by atoms with Crippen LogP contribution in [0.15, 0.2) is 10.9 Å². The molecular formula is C14H22N2O3. The van der Waals surface area contributed by atoms with Crippen LogP contribution in [0.25, 0.3) is 0 Å². The van der Waals surface area contributed by atoms with Gasteiger partial charge in [0.1, 0.15) is 5.82 Å². The molecule has 5 heteroatoms. The Morgan fingerprint density at radius 3 is 2.84 bits per heavy atom. The summed E-state index contributed by atoms with van der Waals surface area (Å²) in [6.45, 7) is 1.72. The van der Waals surface area contributed by atoms with E-state index >= 15 is 0 Å². The van der Waals surface area contributed by atoms with E-state index in [1.54, 1.807) is 13.2 Å². The summed E-state index contributed by atoms with van der Waals surface area (Å²) in [5.74, 6) is 1.20. The van der Waals surface area contributed by atoms with Crippen LogP contribution in [0.4, 0.5) is 0 Å². The van der Waals surface area contributed by atoms with Crippen LogP contribution in [0, 0.1) is 0 Å². The molecule has 2 rings (SSSR count). The van der Waals surface area contributed by atoms with Crippen LogP contribution in [0.5, 0.6) is 0 Å². The Kier molecular flexibility index (Phi) is 5.54. The number of hydrogen-bond acceptors (Lipinski definition) is 4. The molecule has 0 atom stereocenters. The van der Waals surface area contributed by atoms with Crippen LogP contribution in [0.2, 0.25) is 0 Å². The van der Waals surface area contributed by atoms with Gasteiger partial charge in [0, 0.05) is 25.5 Å². The molecule has 1 fully saturated rings. The second kappa shape index (κ2) is 7.40. The predicted octanol–water partition coefficient (Wildman–Crippen LogP) is 1.63. The highest BCUT2D eigenvalue weighted by atomic mass is 16.5. The third-order valence-corrected chi connectivity index (χ3v) is 3.50. The fourth-order valence-electron chi connectivity index (χ4n) is 2.49. The Morgan fingerprint density at radius 1 is 1.32 bits per heavy atom. The van der Waals surface area contributed by atoms with Gasteiger partial charge < -0.3 is 14.5 Å². The number of H-pyrrole nitrogens is 1. The molecule has 1 aromatic rings. The fraction of sp³-hybridized carbons (Fsp3) is 0.714. The molecule has 5 nitrogen and oxygen atoms in total. The van der Waals surface area contributed by atoms with E-state index in [1.165, 1.54) is 12.8 Å². The van der Waals surface area contributed by atoms with Gasteiger partial charge in [-0.3, -0.25) is 4.79 Å². The summed E-state index contributed by atoms with van der Waals surface area (Å²) < 4.78 is 10.3. The van der Waals surface area contributed by atoms with Crippen LogP contribution in [-0.4, -0.2) is 36.9 Å². The maximum absolute atomic E-state index is 11.6. The minimum absolute atomic E-state index is 0.0520. The Bertz CT molecular complexity index is 439. The maximum Gasteiger partial charge on any atom is 0.251 e. The van der Waals surface area contributed by atoms with Crippen molar-refractivity contribution in [3.8, 4) is 0 Å². The van der Waals surface area contributed by atoms with Crippen molar-refractivity contribution in [3.63, 3.8) is 0 Å². The summed E-state index contributed by atoms with van der Waals surface area (Å²) in [5, 5.41) is 0. The molecule has 0 saturated heterocycles. The van der Waals surface area contributed by atoms with Gasteiger partial charge in [-0.25, -0.2) is 4.98 Å². The van der Waals surface area contributed by atoms with Crippen molar-refractivity contribution in [3.05, 3.63) is 27.9 Å². The summed E-state index contributed by atoms with van der Waals surface area (Å²) in [4.78, 5) is 19.0. The van der Waals surface area contributed by atoms with Gasteiger partial charge in [0.25, 0.3) is 5.56 Å². The van der Waals surface area contributed by atoms with Crippen LogP contribution in [-0.2, 0) is 15.9 Å². The van der Waals surface area contributed by atoms with Crippen molar-refractivity contribution in [2.24, 2.45) is 0 Å². The zero-order valence-electron chi connectivity index (χ0n) is 11.5. The third kappa shape index (κ3) is 4.44. The summed E-state index contributed by atoms with van der Waals surface area (Å²) in [5.41, 5.74) is 0.900. The zero-order chi connectivity index (χ0) is 13.5. The van der Waals surface area contributed by atoms with Crippen molar-refractivity contribution >= 4 is 0 Å². The van der Waals surface area contributed by atoms with Gasteiger partial charge in [-0.2, -0.15) is 0 Å². The molecule has 1 N–H and O–H groups in total. The minimum atomic E-state index is -0.0520. The van der Waals surface area contributed by atoms with E-state index in [9.17, 15) is 4.79 Å². The first-order chi connectivity index (χ1) is 9.29. The van der Waals surface area contributed by atoms with Gasteiger partial charge in [-0.1, -0.05) is 12.8 Å². The molecule has 0 bridgehead atoms. The molecule has 19 heavy (non-hydrogen) atoms. The average molecular weight is 266 g/mol. The molecule has 1 aliphatic rings. The van der Waals surface area contributed by atoms with Gasteiger partial charge in [0.2, 0.25) is 0 Å². The van der Waals surface area contributed by atoms with E-state index in [-0.39, 0.29) is 5.56 Å². The molecule has 1 aliphatic carbocycles. The molecule has 1 heterocycles. The quantitative estimate of drug-likeness (QED) is 0.762. The third-order valence-electron chi connectivity index (χ3n) is 3.50. The number of nitrogens with one attached hydrogen (secondary N) is 1. The summed E-state index contributed by atoms with van der Waals surface area (Å²) in [7, 11) is 1.65. The number of ether oxygens (including phenoxy) is 2. The topological polar surface area (TPSA) is 64.2 Å². The SMILES string of the molecule is COCCOCCc1nc(C2CCCC2)cc(=O)[nH]1. The van der Waals surface area contributed by atoms with Crippen molar-refractivity contribution in [2.45, 2.75) is 38.0 Å². The van der Waals surface area contributed by atoms with E-state index in [0.717, 1.165) is 24.4 Å². The molecule has 1 aromatic heterocycles. The molecule has 0 amide bonds. The molecule has 0 unspecified atom stereocenters. The number of hydrogen-bond donors (Lipinski definition) is 1. The second-order valence-electron chi connectivity index (χ2n) is 4.95. The summed E-state index contributed by atoms with van der Waals surface area (Å²) in [6.07, 6.45) is 5.43. The van der Waals surface area contributed by atoms with Crippen LogP contribution >= 0.6 is 0 Å². The minimum Gasteiger partial charge on any atom is -0.382 e. The van der Waals surface area contributed by atoms with E-state index < -0.39 is 0 Å². The first-order valence-electron chi connectivity index (χ1n) is 6.96. The maximum atomic E-state index is 11.6. The van der Waals surface area contributed by atoms with E-state index in [1.807, 2.05) is 0 Å². The lowest BCUT2D eigenvalue weighted by atomic mass is 10.0. The molecule has 0 spiro atoms. The van der Waals surface area contributed by atoms with E-state index in [0.29, 0.717) is 32.2 Å². The largest absolute Gasteiger partial charge is 0.382 e. The number of nitrogens with zero attached hydrogens (tertiary/aromatic N) is 1. The van der Waals surface area contributed by atoms with Gasteiger partial charge in [0.15, 0.2) is 0 Å². The average Bonchev–Trinajstić information content (AvgIpc) is 2.92. The Morgan fingerprint density at radius 2 is 2.11 bits per heavy atom. The molecule has 0 aliphatic heterocycles. The first-order valence-corrected chi connectivity index (χ1v) is 6.96. The lowest BCUT2D eigenvalue weighted by Crippen LogP contribution is -2.16. The number of aromatic nitrogens is 2. The lowest BCUT2D eigenvalue weighted by molar-refractivity contribution is 0.0716. The van der Waals surface area contributed by atoms with Gasteiger partial charge >= 0.3 is 0 Å². The Balaban J connectivity index is 1.91. The highest BCUT2D eigenvalue weighted by molar-refractivity contribution is 5.10. The van der Waals surface area contributed by atoms with Crippen LogP contribution < -0.4 is 5.56 Å². The number of aromatic amines is 1. The molecule has 0 radical (unpaired) electrons. The van der Waals surface area contributed by atoms with Crippen LogP contribution in [0.3, 0.4) is 0 Å². The Labute approximate surface area is 113 Å². The number of rotatable bonds is 7. The van der Waals surface area contributed by atoms with Crippen molar-refractivity contribution in [1.82, 2.24) is 9.97 Å². The Hall–Kier alpha value is -1.20.